The van der Waals surface area contributed by atoms with E-state index in [9.17, 15) is 13.6 Å². The number of ether oxygens (including phenoxy) is 1. The van der Waals surface area contributed by atoms with E-state index in [0.717, 1.165) is 24.5 Å². The summed E-state index contributed by atoms with van der Waals surface area (Å²) in [6, 6.07) is 4.16. The van der Waals surface area contributed by atoms with E-state index >= 15 is 0 Å². The van der Waals surface area contributed by atoms with Crippen LogP contribution in [0.5, 0.6) is 0 Å². The van der Waals surface area contributed by atoms with Crippen LogP contribution in [0.2, 0.25) is 0 Å². The molecule has 0 aliphatic carbocycles. The molecule has 0 spiro atoms. The molecule has 0 bridgehead atoms. The van der Waals surface area contributed by atoms with Crippen molar-refractivity contribution in [2.24, 2.45) is 4.99 Å². The Labute approximate surface area is 175 Å². The van der Waals surface area contributed by atoms with Gasteiger partial charge in [-0.2, -0.15) is 0 Å². The summed E-state index contributed by atoms with van der Waals surface area (Å²) in [5.41, 5.74) is 0.721. The molecule has 1 aromatic carbocycles. The predicted octanol–water partition coefficient (Wildman–Crippen LogP) is 3.08. The Morgan fingerprint density at radius 2 is 2.00 bits per heavy atom. The number of halogens is 3. The van der Waals surface area contributed by atoms with Crippen molar-refractivity contribution in [3.05, 3.63) is 35.4 Å². The van der Waals surface area contributed by atoms with Crippen molar-refractivity contribution in [3.8, 4) is 0 Å². The van der Waals surface area contributed by atoms with E-state index in [2.05, 4.69) is 15.6 Å². The molecule has 152 valence electrons. The zero-order valence-corrected chi connectivity index (χ0v) is 18.1. The monoisotopic (exact) mass is 496 g/mol. The molecule has 6 nitrogen and oxygen atoms in total. The average Bonchev–Trinajstić information content (AvgIpc) is 2.66. The third-order valence-corrected chi connectivity index (χ3v) is 4.58. The Morgan fingerprint density at radius 1 is 1.33 bits per heavy atom. The molecule has 1 atom stereocenters. The van der Waals surface area contributed by atoms with Gasteiger partial charge in [-0.1, -0.05) is 13.0 Å². The minimum Gasteiger partial charge on any atom is -0.453 e. The molecule has 2 rings (SSSR count). The smallest absolute Gasteiger partial charge is 0.409 e. The van der Waals surface area contributed by atoms with Crippen molar-refractivity contribution in [1.29, 1.82) is 0 Å². The average molecular weight is 496 g/mol. The summed E-state index contributed by atoms with van der Waals surface area (Å²) in [5.74, 6) is -1.04. The highest BCUT2D eigenvalue weighted by molar-refractivity contribution is 14.0. The highest BCUT2D eigenvalue weighted by atomic mass is 127. The van der Waals surface area contributed by atoms with E-state index in [1.165, 1.54) is 13.2 Å². The topological polar surface area (TPSA) is 66.0 Å². The predicted molar refractivity (Wildman–Crippen MR) is 112 cm³/mol. The van der Waals surface area contributed by atoms with Gasteiger partial charge in [0, 0.05) is 32.7 Å². The van der Waals surface area contributed by atoms with E-state index in [0.29, 0.717) is 25.6 Å². The van der Waals surface area contributed by atoms with Crippen molar-refractivity contribution >= 4 is 36.0 Å². The first-order valence-corrected chi connectivity index (χ1v) is 8.69. The highest BCUT2D eigenvalue weighted by Crippen LogP contribution is 2.17. The number of hydrogen-bond acceptors (Lipinski definition) is 3. The number of nitrogens with one attached hydrogen (secondary N) is 2. The number of piperidine rings is 1. The van der Waals surface area contributed by atoms with E-state index < -0.39 is 11.6 Å². The normalized spacial score (nSPS) is 16.3. The molecule has 0 aromatic heterocycles. The number of rotatable bonds is 4. The van der Waals surface area contributed by atoms with Gasteiger partial charge in [0.25, 0.3) is 0 Å². The van der Waals surface area contributed by atoms with E-state index in [1.54, 1.807) is 18.0 Å². The van der Waals surface area contributed by atoms with Crippen molar-refractivity contribution in [1.82, 2.24) is 15.5 Å². The molecule has 1 unspecified atom stereocenters. The van der Waals surface area contributed by atoms with Gasteiger partial charge in [0.2, 0.25) is 0 Å². The molecular formula is C18H27F2IN4O2. The number of amides is 1. The molecule has 1 aliphatic heterocycles. The molecule has 27 heavy (non-hydrogen) atoms. The summed E-state index contributed by atoms with van der Waals surface area (Å²) in [6.45, 7) is 3.73. The second-order valence-corrected chi connectivity index (χ2v) is 6.40. The lowest BCUT2D eigenvalue weighted by molar-refractivity contribution is 0.111. The number of carbonyl (C=O) groups excluding carboxylic acids is 1. The SMILES string of the molecule is CN=C(NCC(C)c1ccc(F)c(F)c1)NC1CCN(C(=O)OC)CC1.I. The second-order valence-electron chi connectivity index (χ2n) is 6.40. The minimum atomic E-state index is -0.843. The number of carbonyl (C=O) groups is 1. The van der Waals surface area contributed by atoms with E-state index in [1.807, 2.05) is 6.92 Å². The fourth-order valence-electron chi connectivity index (χ4n) is 2.91. The van der Waals surface area contributed by atoms with E-state index in [4.69, 9.17) is 4.74 Å². The van der Waals surface area contributed by atoms with Crippen LogP contribution in [0.25, 0.3) is 0 Å². The molecule has 1 aromatic rings. The van der Waals surface area contributed by atoms with Crippen LogP contribution in [0.15, 0.2) is 23.2 Å². The van der Waals surface area contributed by atoms with Crippen LogP contribution >= 0.6 is 24.0 Å². The Hall–Kier alpha value is -1.65. The third-order valence-electron chi connectivity index (χ3n) is 4.58. The van der Waals surface area contributed by atoms with Crippen molar-refractivity contribution in [2.45, 2.75) is 31.7 Å². The maximum absolute atomic E-state index is 13.4. The van der Waals surface area contributed by atoms with Crippen LogP contribution in [0, 0.1) is 11.6 Å². The number of hydrogen-bond donors (Lipinski definition) is 2. The number of likely N-dealkylation sites (tertiary alicyclic amines) is 1. The zero-order chi connectivity index (χ0) is 19.1. The van der Waals surface area contributed by atoms with Gasteiger partial charge in [-0.25, -0.2) is 13.6 Å². The fourth-order valence-corrected chi connectivity index (χ4v) is 2.91. The van der Waals surface area contributed by atoms with Gasteiger partial charge >= 0.3 is 6.09 Å². The van der Waals surface area contributed by atoms with Crippen molar-refractivity contribution in [3.63, 3.8) is 0 Å². The quantitative estimate of drug-likeness (QED) is 0.382. The van der Waals surface area contributed by atoms with Gasteiger partial charge in [0.1, 0.15) is 0 Å². The van der Waals surface area contributed by atoms with Crippen LogP contribution in [0.4, 0.5) is 13.6 Å². The van der Waals surface area contributed by atoms with Crippen LogP contribution in [0.1, 0.15) is 31.2 Å². The van der Waals surface area contributed by atoms with Gasteiger partial charge in [0.05, 0.1) is 7.11 Å². The first-order valence-electron chi connectivity index (χ1n) is 8.69. The zero-order valence-electron chi connectivity index (χ0n) is 15.8. The molecule has 2 N–H and O–H groups in total. The maximum Gasteiger partial charge on any atom is 0.409 e. The molecule has 0 radical (unpaired) electrons. The standard InChI is InChI=1S/C18H26F2N4O2.HI/c1-12(13-4-5-15(19)16(20)10-13)11-22-17(21-2)23-14-6-8-24(9-7-14)18(25)26-3;/h4-5,10,12,14H,6-9,11H2,1-3H3,(H2,21,22,23);1H. The Balaban J connectivity index is 0.00000364. The largest absolute Gasteiger partial charge is 0.453 e. The first kappa shape index (κ1) is 23.4. The number of nitrogens with zero attached hydrogens (tertiary/aromatic N) is 2. The lowest BCUT2D eigenvalue weighted by Crippen LogP contribution is -2.50. The lowest BCUT2D eigenvalue weighted by Gasteiger charge is -2.32. The van der Waals surface area contributed by atoms with Gasteiger partial charge < -0.3 is 20.3 Å². The van der Waals surface area contributed by atoms with Crippen molar-refractivity contribution in [2.75, 3.05) is 33.8 Å². The van der Waals surface area contributed by atoms with Crippen LogP contribution < -0.4 is 10.6 Å². The number of guanidine groups is 1. The van der Waals surface area contributed by atoms with Crippen molar-refractivity contribution < 1.29 is 18.3 Å². The van der Waals surface area contributed by atoms with Gasteiger partial charge in [-0.3, -0.25) is 4.99 Å². The molecular weight excluding hydrogens is 469 g/mol. The number of benzene rings is 1. The number of aliphatic imine (C=N–C) groups is 1. The molecule has 1 heterocycles. The molecule has 9 heteroatoms. The lowest BCUT2D eigenvalue weighted by atomic mass is 10.0. The van der Waals surface area contributed by atoms with Crippen LogP contribution in [-0.2, 0) is 4.74 Å². The summed E-state index contributed by atoms with van der Waals surface area (Å²) in [7, 11) is 3.06. The molecule has 1 amide bonds. The Bertz CT molecular complexity index is 652. The Morgan fingerprint density at radius 3 is 2.56 bits per heavy atom. The summed E-state index contributed by atoms with van der Waals surface area (Å²) in [6.07, 6.45) is 1.30. The summed E-state index contributed by atoms with van der Waals surface area (Å²) in [4.78, 5) is 17.4. The molecule has 0 saturated carbocycles. The highest BCUT2D eigenvalue weighted by Gasteiger charge is 2.23. The van der Waals surface area contributed by atoms with Crippen LogP contribution in [0.3, 0.4) is 0 Å². The second kappa shape index (κ2) is 11.3. The van der Waals surface area contributed by atoms with Crippen LogP contribution in [-0.4, -0.2) is 56.8 Å². The third kappa shape index (κ3) is 6.78. The van der Waals surface area contributed by atoms with Gasteiger partial charge in [0.15, 0.2) is 17.6 Å². The first-order chi connectivity index (χ1) is 12.4. The summed E-state index contributed by atoms with van der Waals surface area (Å²) < 4.78 is 31.1. The summed E-state index contributed by atoms with van der Waals surface area (Å²) in [5, 5.41) is 6.55. The molecule has 1 saturated heterocycles. The minimum absolute atomic E-state index is 0. The number of methoxy groups -OCH3 is 1. The van der Waals surface area contributed by atoms with E-state index in [-0.39, 0.29) is 42.0 Å². The molecule has 1 aliphatic rings. The van der Waals surface area contributed by atoms with Gasteiger partial charge in [-0.15, -0.1) is 24.0 Å². The summed E-state index contributed by atoms with van der Waals surface area (Å²) >= 11 is 0. The van der Waals surface area contributed by atoms with Gasteiger partial charge in [-0.05, 0) is 36.5 Å². The Kier molecular flexibility index (Phi) is 9.75. The molecule has 1 fully saturated rings. The maximum atomic E-state index is 13.4. The fraction of sp³-hybridized carbons (Fsp3) is 0.556.